The fourth-order valence-corrected chi connectivity index (χ4v) is 5.13. The summed E-state index contributed by atoms with van der Waals surface area (Å²) in [6.45, 7) is 4.97. The van der Waals surface area contributed by atoms with E-state index in [1.165, 1.54) is 18.4 Å². The summed E-state index contributed by atoms with van der Waals surface area (Å²) in [5.74, 6) is 0.682. The molecule has 6 nitrogen and oxygen atoms in total. The zero-order valence-electron chi connectivity index (χ0n) is 18.0. The van der Waals surface area contributed by atoms with E-state index >= 15 is 0 Å². The molecule has 0 aliphatic heterocycles. The van der Waals surface area contributed by atoms with Crippen molar-refractivity contribution in [1.29, 1.82) is 0 Å². The molecule has 0 atom stereocenters. The van der Waals surface area contributed by atoms with Crippen LogP contribution in [0.15, 0.2) is 59.6 Å². The molecule has 30 heavy (non-hydrogen) atoms. The minimum atomic E-state index is -3.38. The monoisotopic (exact) mass is 428 g/mol. The highest BCUT2D eigenvalue weighted by atomic mass is 32.2. The predicted molar refractivity (Wildman–Crippen MR) is 123 cm³/mol. The molecule has 0 unspecified atom stereocenters. The third-order valence-electron chi connectivity index (χ3n) is 5.38. The second-order valence-corrected chi connectivity index (χ2v) is 9.98. The van der Waals surface area contributed by atoms with Crippen LogP contribution in [0.1, 0.15) is 43.4 Å². The van der Waals surface area contributed by atoms with Crippen LogP contribution in [-0.4, -0.2) is 34.0 Å². The molecule has 1 aliphatic carbocycles. The van der Waals surface area contributed by atoms with Crippen LogP contribution in [-0.2, 0) is 27.7 Å². The molecule has 0 aromatic heterocycles. The Balaban J connectivity index is 1.59. The Labute approximate surface area is 180 Å². The lowest BCUT2D eigenvalue weighted by Gasteiger charge is -2.19. The number of guanidine groups is 1. The van der Waals surface area contributed by atoms with Gasteiger partial charge in [0.05, 0.1) is 5.75 Å². The van der Waals surface area contributed by atoms with Gasteiger partial charge >= 0.3 is 0 Å². The number of nitrogens with zero attached hydrogens (tertiary/aromatic N) is 1. The number of benzene rings is 2. The zero-order valence-corrected chi connectivity index (χ0v) is 18.8. The van der Waals surface area contributed by atoms with Crippen LogP contribution in [0.25, 0.3) is 0 Å². The van der Waals surface area contributed by atoms with Crippen molar-refractivity contribution >= 4 is 16.0 Å². The van der Waals surface area contributed by atoms with Gasteiger partial charge in [-0.2, -0.15) is 0 Å². The predicted octanol–water partition coefficient (Wildman–Crippen LogP) is 2.91. The average Bonchev–Trinajstić information content (AvgIpc) is 3.50. The first-order chi connectivity index (χ1) is 14.3. The Morgan fingerprint density at radius 1 is 1.00 bits per heavy atom. The van der Waals surface area contributed by atoms with Gasteiger partial charge in [-0.1, -0.05) is 54.6 Å². The molecule has 2 aromatic carbocycles. The number of nitrogens with one attached hydrogen (secondary N) is 3. The van der Waals surface area contributed by atoms with E-state index in [9.17, 15) is 8.42 Å². The van der Waals surface area contributed by atoms with Crippen molar-refractivity contribution in [2.75, 3.05) is 13.6 Å². The second-order valence-electron chi connectivity index (χ2n) is 8.23. The number of hydrogen-bond acceptors (Lipinski definition) is 3. The van der Waals surface area contributed by atoms with Gasteiger partial charge in [0, 0.05) is 31.6 Å². The molecule has 7 heteroatoms. The first-order valence-corrected chi connectivity index (χ1v) is 12.1. The van der Waals surface area contributed by atoms with E-state index in [0.29, 0.717) is 6.54 Å². The summed E-state index contributed by atoms with van der Waals surface area (Å²) in [4.78, 5) is 4.34. The summed E-state index contributed by atoms with van der Waals surface area (Å²) >= 11 is 0. The fraction of sp³-hybridized carbons (Fsp3) is 0.435. The molecule has 2 aromatic rings. The van der Waals surface area contributed by atoms with Crippen molar-refractivity contribution in [2.45, 2.75) is 50.4 Å². The number of hydrogen-bond donors (Lipinski definition) is 3. The van der Waals surface area contributed by atoms with Crippen LogP contribution >= 0.6 is 0 Å². The molecule has 0 radical (unpaired) electrons. The highest BCUT2D eigenvalue weighted by Gasteiger charge is 2.43. The molecule has 0 saturated heterocycles. The van der Waals surface area contributed by atoms with Crippen LogP contribution in [0.4, 0.5) is 0 Å². The quantitative estimate of drug-likeness (QED) is 0.424. The highest BCUT2D eigenvalue weighted by molar-refractivity contribution is 7.88. The number of aliphatic imine (C=N–C) groups is 1. The lowest BCUT2D eigenvalue weighted by Crippen LogP contribution is -2.41. The largest absolute Gasteiger partial charge is 0.356 e. The Hall–Kier alpha value is -2.38. The lowest BCUT2D eigenvalue weighted by atomic mass is 9.96. The van der Waals surface area contributed by atoms with Crippen molar-refractivity contribution in [3.05, 3.63) is 71.3 Å². The van der Waals surface area contributed by atoms with Gasteiger partial charge in [-0.05, 0) is 43.4 Å². The molecule has 1 aliphatic rings. The summed E-state index contributed by atoms with van der Waals surface area (Å²) in [6.07, 6.45) is 2.34. The van der Waals surface area contributed by atoms with Gasteiger partial charge in [-0.3, -0.25) is 4.99 Å². The topological polar surface area (TPSA) is 82.6 Å². The maximum Gasteiger partial charge on any atom is 0.216 e. The van der Waals surface area contributed by atoms with Gasteiger partial charge in [0.1, 0.15) is 0 Å². The smallest absolute Gasteiger partial charge is 0.216 e. The minimum absolute atomic E-state index is 0.0355. The summed E-state index contributed by atoms with van der Waals surface area (Å²) in [7, 11) is -1.63. The van der Waals surface area contributed by atoms with E-state index in [2.05, 4.69) is 44.6 Å². The van der Waals surface area contributed by atoms with Crippen LogP contribution in [0.5, 0.6) is 0 Å². The molecule has 162 valence electrons. The van der Waals surface area contributed by atoms with Gasteiger partial charge in [-0.25, -0.2) is 13.1 Å². The van der Waals surface area contributed by atoms with E-state index < -0.39 is 10.0 Å². The Kier molecular flexibility index (Phi) is 7.15. The molecular formula is C23H32N4O2S. The zero-order chi connectivity index (χ0) is 21.6. The Bertz CT molecular complexity index is 968. The third kappa shape index (κ3) is 6.06. The van der Waals surface area contributed by atoms with Crippen molar-refractivity contribution in [1.82, 2.24) is 15.4 Å². The normalized spacial score (nSPS) is 15.8. The Morgan fingerprint density at radius 2 is 1.63 bits per heavy atom. The molecular weight excluding hydrogens is 396 g/mol. The van der Waals surface area contributed by atoms with Gasteiger partial charge in [0.15, 0.2) is 5.96 Å². The molecule has 0 bridgehead atoms. The molecule has 3 N–H and O–H groups in total. The van der Waals surface area contributed by atoms with Crippen molar-refractivity contribution in [3.63, 3.8) is 0 Å². The summed E-state index contributed by atoms with van der Waals surface area (Å²) < 4.78 is 27.3. The van der Waals surface area contributed by atoms with Crippen LogP contribution in [0.3, 0.4) is 0 Å². The maximum absolute atomic E-state index is 12.3. The Morgan fingerprint density at radius 3 is 2.23 bits per heavy atom. The molecule has 1 fully saturated rings. The average molecular weight is 429 g/mol. The number of rotatable bonds is 9. The van der Waals surface area contributed by atoms with Crippen molar-refractivity contribution < 1.29 is 8.42 Å². The van der Waals surface area contributed by atoms with Gasteiger partial charge in [0.25, 0.3) is 0 Å². The molecule has 3 rings (SSSR count). The molecule has 0 amide bonds. The standard InChI is InChI=1S/C23H32N4O2S/c1-18(2)27-30(28,29)16-20-10-8-7-9-19(20)15-25-22(24-3)26-17-23(13-14-23)21-11-5-4-6-12-21/h4-12,18,27H,13-17H2,1-3H3,(H2,24,25,26). The van der Waals surface area contributed by atoms with Crippen LogP contribution in [0, 0.1) is 0 Å². The van der Waals surface area contributed by atoms with Crippen LogP contribution < -0.4 is 15.4 Å². The lowest BCUT2D eigenvalue weighted by molar-refractivity contribution is 0.568. The fourth-order valence-electron chi connectivity index (χ4n) is 3.64. The van der Waals surface area contributed by atoms with E-state index in [4.69, 9.17) is 0 Å². The van der Waals surface area contributed by atoms with Crippen LogP contribution in [0.2, 0.25) is 0 Å². The van der Waals surface area contributed by atoms with Gasteiger partial charge < -0.3 is 10.6 Å². The SMILES string of the molecule is CN=C(NCc1ccccc1CS(=O)(=O)NC(C)C)NCC1(c2ccccc2)CC1. The summed E-state index contributed by atoms with van der Waals surface area (Å²) in [5, 5.41) is 6.77. The number of sulfonamides is 1. The maximum atomic E-state index is 12.3. The minimum Gasteiger partial charge on any atom is -0.356 e. The third-order valence-corrected chi connectivity index (χ3v) is 6.90. The first-order valence-electron chi connectivity index (χ1n) is 10.4. The van der Waals surface area contributed by atoms with Gasteiger partial charge in [-0.15, -0.1) is 0 Å². The molecule has 1 saturated carbocycles. The van der Waals surface area contributed by atoms with E-state index in [1.54, 1.807) is 7.05 Å². The van der Waals surface area contributed by atoms with E-state index in [1.807, 2.05) is 44.2 Å². The van der Waals surface area contributed by atoms with E-state index in [-0.39, 0.29) is 17.2 Å². The van der Waals surface area contributed by atoms with Crippen molar-refractivity contribution in [2.24, 2.45) is 4.99 Å². The second kappa shape index (κ2) is 9.62. The first kappa shape index (κ1) is 22.3. The molecule has 0 spiro atoms. The summed E-state index contributed by atoms with van der Waals surface area (Å²) in [5.41, 5.74) is 3.28. The van der Waals surface area contributed by atoms with Crippen molar-refractivity contribution in [3.8, 4) is 0 Å². The van der Waals surface area contributed by atoms with E-state index in [0.717, 1.165) is 23.6 Å². The van der Waals surface area contributed by atoms with Gasteiger partial charge in [0.2, 0.25) is 10.0 Å². The highest BCUT2D eigenvalue weighted by Crippen LogP contribution is 2.47. The molecule has 0 heterocycles. The summed E-state index contributed by atoms with van der Waals surface area (Å²) in [6, 6.07) is 18.1.